The van der Waals surface area contributed by atoms with E-state index in [4.69, 9.17) is 4.42 Å². The summed E-state index contributed by atoms with van der Waals surface area (Å²) < 4.78 is 32.5. The van der Waals surface area contributed by atoms with Crippen LogP contribution in [-0.4, -0.2) is 4.98 Å². The van der Waals surface area contributed by atoms with Crippen molar-refractivity contribution in [3.63, 3.8) is 0 Å². The number of hydrogen-bond donors (Lipinski definition) is 0. The summed E-state index contributed by atoms with van der Waals surface area (Å²) in [4.78, 5) is 4.41. The number of aromatic nitrogens is 1. The summed E-state index contributed by atoms with van der Waals surface area (Å²) in [6, 6.07) is 14.6. The van der Waals surface area contributed by atoms with Gasteiger partial charge in [0.05, 0.1) is 12.0 Å². The van der Waals surface area contributed by atoms with Gasteiger partial charge in [-0.1, -0.05) is 18.2 Å². The zero-order chi connectivity index (χ0) is 15.8. The van der Waals surface area contributed by atoms with E-state index in [1.807, 2.05) is 24.3 Å². The number of rotatable bonds is 2. The van der Waals surface area contributed by atoms with Crippen LogP contribution in [0.5, 0.6) is 0 Å². The molecule has 0 amide bonds. The molecule has 2 heterocycles. The Morgan fingerprint density at radius 1 is 0.870 bits per heavy atom. The van der Waals surface area contributed by atoms with Gasteiger partial charge in [-0.25, -0.2) is 8.78 Å². The number of furan rings is 1. The number of halogens is 2. The lowest BCUT2D eigenvalue weighted by Gasteiger charge is -2.07. The fourth-order valence-electron chi connectivity index (χ4n) is 2.68. The maximum atomic E-state index is 14.0. The zero-order valence-electron chi connectivity index (χ0n) is 12.0. The van der Waals surface area contributed by atoms with Crippen LogP contribution < -0.4 is 0 Å². The molecule has 0 saturated carbocycles. The summed E-state index contributed by atoms with van der Waals surface area (Å²) in [5.41, 5.74) is 3.38. The smallest absolute Gasteiger partial charge is 0.137 e. The minimum absolute atomic E-state index is 0.354. The van der Waals surface area contributed by atoms with Gasteiger partial charge in [0.1, 0.15) is 17.2 Å². The first kappa shape index (κ1) is 13.6. The van der Waals surface area contributed by atoms with Crippen LogP contribution >= 0.6 is 0 Å². The van der Waals surface area contributed by atoms with Gasteiger partial charge in [0.25, 0.3) is 0 Å². The van der Waals surface area contributed by atoms with Gasteiger partial charge in [-0.3, -0.25) is 4.98 Å². The SMILES string of the molecule is Fc1ccc(-c2cccc(-c3nccc4occc34)c2)c(F)c1. The maximum absolute atomic E-state index is 14.0. The van der Waals surface area contributed by atoms with Crippen molar-refractivity contribution in [3.05, 3.63) is 78.7 Å². The van der Waals surface area contributed by atoms with E-state index in [2.05, 4.69) is 4.98 Å². The van der Waals surface area contributed by atoms with E-state index in [-0.39, 0.29) is 0 Å². The monoisotopic (exact) mass is 307 g/mol. The Morgan fingerprint density at radius 2 is 1.74 bits per heavy atom. The van der Waals surface area contributed by atoms with Crippen LogP contribution in [0.15, 0.2) is 71.5 Å². The van der Waals surface area contributed by atoms with Gasteiger partial charge in [-0.2, -0.15) is 0 Å². The standard InChI is InChI=1S/C19H11F2NO/c20-14-4-5-15(17(21)11-14)12-2-1-3-13(10-12)19-16-7-9-23-18(16)6-8-22-19/h1-11H. The molecule has 112 valence electrons. The molecule has 0 radical (unpaired) electrons. The number of pyridine rings is 1. The molecule has 0 saturated heterocycles. The molecule has 0 atom stereocenters. The third kappa shape index (κ3) is 2.38. The van der Waals surface area contributed by atoms with Crippen LogP contribution in [0.4, 0.5) is 8.78 Å². The Balaban J connectivity index is 1.87. The Kier molecular flexibility index (Phi) is 3.15. The molecule has 0 fully saturated rings. The third-order valence-electron chi connectivity index (χ3n) is 3.76. The van der Waals surface area contributed by atoms with Gasteiger partial charge in [0, 0.05) is 28.8 Å². The van der Waals surface area contributed by atoms with Crippen LogP contribution in [0.2, 0.25) is 0 Å². The third-order valence-corrected chi connectivity index (χ3v) is 3.76. The molecule has 2 nitrogen and oxygen atoms in total. The molecule has 4 rings (SSSR count). The van der Waals surface area contributed by atoms with Crippen molar-refractivity contribution in [2.75, 3.05) is 0 Å². The van der Waals surface area contributed by atoms with E-state index < -0.39 is 11.6 Å². The highest BCUT2D eigenvalue weighted by Crippen LogP contribution is 2.31. The molecule has 0 bridgehead atoms. The second kappa shape index (κ2) is 5.32. The second-order valence-electron chi connectivity index (χ2n) is 5.20. The Hall–Kier alpha value is -3.01. The minimum atomic E-state index is -0.591. The predicted octanol–water partition coefficient (Wildman–Crippen LogP) is 5.44. The Labute approximate surface area is 131 Å². The zero-order valence-corrected chi connectivity index (χ0v) is 12.0. The van der Waals surface area contributed by atoms with Crippen molar-refractivity contribution in [2.24, 2.45) is 0 Å². The van der Waals surface area contributed by atoms with E-state index >= 15 is 0 Å². The molecule has 0 aliphatic rings. The van der Waals surface area contributed by atoms with Crippen LogP contribution in [0, 0.1) is 11.6 Å². The summed E-state index contributed by atoms with van der Waals surface area (Å²) in [7, 11) is 0. The topological polar surface area (TPSA) is 26.0 Å². The molecule has 23 heavy (non-hydrogen) atoms. The van der Waals surface area contributed by atoms with Crippen LogP contribution in [-0.2, 0) is 0 Å². The molecule has 0 N–H and O–H groups in total. The average molecular weight is 307 g/mol. The molecule has 4 heteroatoms. The van der Waals surface area contributed by atoms with E-state index in [1.54, 1.807) is 24.6 Å². The number of fused-ring (bicyclic) bond motifs is 1. The van der Waals surface area contributed by atoms with Crippen LogP contribution in [0.25, 0.3) is 33.4 Å². The lowest BCUT2D eigenvalue weighted by atomic mass is 10.00. The minimum Gasteiger partial charge on any atom is -0.464 e. The van der Waals surface area contributed by atoms with Crippen molar-refractivity contribution in [3.8, 4) is 22.4 Å². The molecule has 4 aromatic rings. The van der Waals surface area contributed by atoms with Crippen LogP contribution in [0.3, 0.4) is 0 Å². The second-order valence-corrected chi connectivity index (χ2v) is 5.20. The van der Waals surface area contributed by atoms with Gasteiger partial charge in [-0.05, 0) is 35.9 Å². The first-order valence-corrected chi connectivity index (χ1v) is 7.10. The fourth-order valence-corrected chi connectivity index (χ4v) is 2.68. The van der Waals surface area contributed by atoms with Gasteiger partial charge in [-0.15, -0.1) is 0 Å². The normalized spacial score (nSPS) is 11.0. The maximum Gasteiger partial charge on any atom is 0.137 e. The highest BCUT2D eigenvalue weighted by atomic mass is 19.1. The number of nitrogens with zero attached hydrogens (tertiary/aromatic N) is 1. The van der Waals surface area contributed by atoms with Gasteiger partial charge in [0.2, 0.25) is 0 Å². The average Bonchev–Trinajstić information content (AvgIpc) is 3.03. The van der Waals surface area contributed by atoms with Gasteiger partial charge >= 0.3 is 0 Å². The molecular weight excluding hydrogens is 296 g/mol. The van der Waals surface area contributed by atoms with E-state index in [0.29, 0.717) is 11.1 Å². The number of benzene rings is 2. The molecular formula is C19H11F2NO. The van der Waals surface area contributed by atoms with Gasteiger partial charge in [0.15, 0.2) is 0 Å². The van der Waals surface area contributed by atoms with Crippen molar-refractivity contribution >= 4 is 11.0 Å². The summed E-state index contributed by atoms with van der Waals surface area (Å²) >= 11 is 0. The molecule has 0 unspecified atom stereocenters. The fraction of sp³-hybridized carbons (Fsp3) is 0. The van der Waals surface area contributed by atoms with Crippen molar-refractivity contribution in [1.82, 2.24) is 4.98 Å². The van der Waals surface area contributed by atoms with Crippen molar-refractivity contribution in [2.45, 2.75) is 0 Å². The molecule has 0 aliphatic heterocycles. The summed E-state index contributed by atoms with van der Waals surface area (Å²) in [5, 5.41) is 0.893. The summed E-state index contributed by atoms with van der Waals surface area (Å²) in [6.07, 6.45) is 3.28. The summed E-state index contributed by atoms with van der Waals surface area (Å²) in [6.45, 7) is 0. The first-order chi connectivity index (χ1) is 11.2. The Bertz CT molecular complexity index is 1010. The largest absolute Gasteiger partial charge is 0.464 e. The van der Waals surface area contributed by atoms with Crippen molar-refractivity contribution in [1.29, 1.82) is 0 Å². The van der Waals surface area contributed by atoms with Crippen molar-refractivity contribution < 1.29 is 13.2 Å². The highest BCUT2D eigenvalue weighted by Gasteiger charge is 2.11. The number of hydrogen-bond acceptors (Lipinski definition) is 2. The molecule has 0 aliphatic carbocycles. The van der Waals surface area contributed by atoms with E-state index in [0.717, 1.165) is 28.3 Å². The lowest BCUT2D eigenvalue weighted by molar-refractivity contribution is 0.585. The van der Waals surface area contributed by atoms with E-state index in [1.165, 1.54) is 12.1 Å². The quantitative estimate of drug-likeness (QED) is 0.493. The Morgan fingerprint density at radius 3 is 2.61 bits per heavy atom. The summed E-state index contributed by atoms with van der Waals surface area (Å²) in [5.74, 6) is -1.18. The van der Waals surface area contributed by atoms with Crippen LogP contribution in [0.1, 0.15) is 0 Å². The lowest BCUT2D eigenvalue weighted by Crippen LogP contribution is -1.88. The first-order valence-electron chi connectivity index (χ1n) is 7.10. The molecule has 0 spiro atoms. The highest BCUT2D eigenvalue weighted by molar-refractivity contribution is 5.92. The van der Waals surface area contributed by atoms with E-state index in [9.17, 15) is 8.78 Å². The molecule has 2 aromatic heterocycles. The van der Waals surface area contributed by atoms with Gasteiger partial charge < -0.3 is 4.42 Å². The predicted molar refractivity (Wildman–Crippen MR) is 84.8 cm³/mol. The molecule has 2 aromatic carbocycles.